The summed E-state index contributed by atoms with van der Waals surface area (Å²) >= 11 is 0. The van der Waals surface area contributed by atoms with Gasteiger partial charge in [-0.05, 0) is 91.5 Å². The summed E-state index contributed by atoms with van der Waals surface area (Å²) < 4.78 is 6.47. The molecule has 0 spiro atoms. The Balaban J connectivity index is 1.28. The van der Waals surface area contributed by atoms with Gasteiger partial charge in [0.05, 0.1) is 11.4 Å². The van der Waals surface area contributed by atoms with Crippen molar-refractivity contribution in [1.82, 2.24) is 0 Å². The number of fused-ring (bicyclic) bond motifs is 9. The van der Waals surface area contributed by atoms with Crippen LogP contribution in [0.3, 0.4) is 0 Å². The highest BCUT2D eigenvalue weighted by Crippen LogP contribution is 2.57. The van der Waals surface area contributed by atoms with Crippen molar-refractivity contribution in [2.45, 2.75) is 38.5 Å². The summed E-state index contributed by atoms with van der Waals surface area (Å²) in [6.07, 6.45) is 0. The fourth-order valence-corrected chi connectivity index (χ4v) is 9.69. The van der Waals surface area contributed by atoms with E-state index in [2.05, 4.69) is 172 Å². The molecule has 2 heteroatoms. The van der Waals surface area contributed by atoms with Crippen LogP contribution in [-0.4, -0.2) is 0 Å². The van der Waals surface area contributed by atoms with Crippen LogP contribution in [0.25, 0.3) is 65.7 Å². The first-order valence-electron chi connectivity index (χ1n) is 17.7. The van der Waals surface area contributed by atoms with Crippen LogP contribution in [0, 0.1) is 0 Å². The fourth-order valence-electron chi connectivity index (χ4n) is 9.69. The first kappa shape index (κ1) is 28.0. The molecule has 0 radical (unpaired) electrons. The highest BCUT2D eigenvalue weighted by molar-refractivity contribution is 6.35. The topological polar surface area (TPSA) is 16.4 Å². The molecule has 0 fully saturated rings. The minimum Gasteiger partial charge on any atom is -0.456 e. The van der Waals surface area contributed by atoms with E-state index in [9.17, 15) is 0 Å². The molecular formula is C48H35NO. The number of anilines is 3. The van der Waals surface area contributed by atoms with Gasteiger partial charge in [-0.15, -0.1) is 0 Å². The lowest BCUT2D eigenvalue weighted by Crippen LogP contribution is -2.17. The van der Waals surface area contributed by atoms with Crippen LogP contribution in [0.5, 0.6) is 0 Å². The minimum atomic E-state index is -0.121. The van der Waals surface area contributed by atoms with Crippen LogP contribution in [-0.2, 0) is 10.8 Å². The average Bonchev–Trinajstić information content (AvgIpc) is 3.72. The molecule has 0 N–H and O–H groups in total. The van der Waals surface area contributed by atoms with Crippen LogP contribution in [0.15, 0.2) is 144 Å². The van der Waals surface area contributed by atoms with Crippen molar-refractivity contribution in [2.24, 2.45) is 0 Å². The maximum atomic E-state index is 6.47. The van der Waals surface area contributed by atoms with Gasteiger partial charge < -0.3 is 9.32 Å². The molecule has 0 saturated carbocycles. The molecule has 1 aromatic heterocycles. The Kier molecular flexibility index (Phi) is 5.28. The van der Waals surface area contributed by atoms with E-state index in [1.165, 1.54) is 88.2 Å². The predicted molar refractivity (Wildman–Crippen MR) is 210 cm³/mol. The number of furan rings is 1. The van der Waals surface area contributed by atoms with Gasteiger partial charge >= 0.3 is 0 Å². The van der Waals surface area contributed by atoms with Gasteiger partial charge in [-0.25, -0.2) is 0 Å². The van der Waals surface area contributed by atoms with E-state index in [-0.39, 0.29) is 10.8 Å². The quantitative estimate of drug-likeness (QED) is 0.179. The Bertz CT molecular complexity index is 2880. The van der Waals surface area contributed by atoms with Crippen molar-refractivity contribution in [2.75, 3.05) is 4.90 Å². The summed E-state index contributed by atoms with van der Waals surface area (Å²) in [6.45, 7) is 9.48. The summed E-state index contributed by atoms with van der Waals surface area (Å²) in [4.78, 5) is 2.55. The lowest BCUT2D eigenvalue weighted by molar-refractivity contribution is 0.660. The number of hydrogen-bond acceptors (Lipinski definition) is 2. The number of benzene rings is 8. The molecule has 2 nitrogen and oxygen atoms in total. The zero-order valence-corrected chi connectivity index (χ0v) is 28.6. The van der Waals surface area contributed by atoms with Gasteiger partial charge in [0, 0.05) is 38.2 Å². The molecule has 0 amide bonds. The molecule has 11 rings (SSSR count). The van der Waals surface area contributed by atoms with Crippen LogP contribution in [0.2, 0.25) is 0 Å². The second-order valence-electron chi connectivity index (χ2n) is 15.3. The molecule has 2 aliphatic carbocycles. The fraction of sp³-hybridized carbons (Fsp3) is 0.125. The Morgan fingerprint density at radius 3 is 1.74 bits per heavy atom. The third kappa shape index (κ3) is 3.39. The molecule has 8 aromatic carbocycles. The molecule has 0 aliphatic heterocycles. The molecule has 0 unspecified atom stereocenters. The maximum absolute atomic E-state index is 6.47. The first-order valence-corrected chi connectivity index (χ1v) is 17.7. The molecule has 0 bridgehead atoms. The third-order valence-corrected chi connectivity index (χ3v) is 12.0. The smallest absolute Gasteiger partial charge is 0.136 e. The van der Waals surface area contributed by atoms with Gasteiger partial charge in [-0.3, -0.25) is 0 Å². The van der Waals surface area contributed by atoms with E-state index in [0.717, 1.165) is 16.9 Å². The van der Waals surface area contributed by atoms with Crippen LogP contribution in [0.1, 0.15) is 49.9 Å². The number of rotatable bonds is 3. The van der Waals surface area contributed by atoms with Gasteiger partial charge in [0.25, 0.3) is 0 Å². The summed E-state index contributed by atoms with van der Waals surface area (Å²) in [7, 11) is 0. The molecule has 1 heterocycles. The van der Waals surface area contributed by atoms with E-state index in [1.54, 1.807) is 0 Å². The second kappa shape index (κ2) is 9.43. The molecule has 0 saturated heterocycles. The van der Waals surface area contributed by atoms with Crippen molar-refractivity contribution in [3.05, 3.63) is 162 Å². The summed E-state index contributed by atoms with van der Waals surface area (Å²) in [5.41, 5.74) is 16.0. The Morgan fingerprint density at radius 1 is 0.420 bits per heavy atom. The summed E-state index contributed by atoms with van der Waals surface area (Å²) in [6, 6.07) is 51.9. The SMILES string of the molecule is CC1(C)c2ccccc2-c2ccc(N(c3cccc4c3-c3ccccc3C4(C)C)c3cccc4c5cccc6oc7cccc(c34)c7c65)cc21. The summed E-state index contributed by atoms with van der Waals surface area (Å²) in [5, 5.41) is 7.34. The molecule has 50 heavy (non-hydrogen) atoms. The zero-order chi connectivity index (χ0) is 33.5. The van der Waals surface area contributed by atoms with Crippen molar-refractivity contribution >= 4 is 60.5 Å². The van der Waals surface area contributed by atoms with Crippen molar-refractivity contribution in [3.63, 3.8) is 0 Å². The third-order valence-electron chi connectivity index (χ3n) is 12.0. The molecular weight excluding hydrogens is 607 g/mol. The monoisotopic (exact) mass is 641 g/mol. The van der Waals surface area contributed by atoms with Gasteiger partial charge in [-0.2, -0.15) is 0 Å². The van der Waals surface area contributed by atoms with Crippen molar-refractivity contribution in [3.8, 4) is 22.3 Å². The molecule has 9 aromatic rings. The molecule has 0 atom stereocenters. The van der Waals surface area contributed by atoms with Crippen molar-refractivity contribution < 1.29 is 4.42 Å². The van der Waals surface area contributed by atoms with Crippen LogP contribution >= 0.6 is 0 Å². The van der Waals surface area contributed by atoms with Crippen LogP contribution in [0.4, 0.5) is 17.1 Å². The van der Waals surface area contributed by atoms with Gasteiger partial charge in [0.1, 0.15) is 11.2 Å². The average molecular weight is 642 g/mol. The van der Waals surface area contributed by atoms with E-state index in [4.69, 9.17) is 4.42 Å². The maximum Gasteiger partial charge on any atom is 0.136 e. The van der Waals surface area contributed by atoms with E-state index >= 15 is 0 Å². The second-order valence-corrected chi connectivity index (χ2v) is 15.3. The zero-order valence-electron chi connectivity index (χ0n) is 28.6. The van der Waals surface area contributed by atoms with Gasteiger partial charge in [0.2, 0.25) is 0 Å². The summed E-state index contributed by atoms with van der Waals surface area (Å²) in [5.74, 6) is 0. The van der Waals surface area contributed by atoms with Crippen molar-refractivity contribution in [1.29, 1.82) is 0 Å². The Morgan fingerprint density at radius 2 is 0.960 bits per heavy atom. The highest BCUT2D eigenvalue weighted by Gasteiger charge is 2.39. The Hall–Kier alpha value is -5.86. The first-order chi connectivity index (χ1) is 24.3. The number of nitrogens with zero attached hydrogens (tertiary/aromatic N) is 1. The lowest BCUT2D eigenvalue weighted by Gasteiger charge is -2.31. The molecule has 2 aliphatic rings. The van der Waals surface area contributed by atoms with E-state index in [0.29, 0.717) is 0 Å². The minimum absolute atomic E-state index is 0.113. The van der Waals surface area contributed by atoms with Crippen LogP contribution < -0.4 is 4.90 Å². The van der Waals surface area contributed by atoms with Gasteiger partial charge in [-0.1, -0.05) is 131 Å². The Labute approximate surface area is 291 Å². The molecule has 238 valence electrons. The lowest BCUT2D eigenvalue weighted by atomic mass is 9.82. The standard InChI is InChI=1S/C48H35NO/c1-47(2)36-19-8-6-14-33(36)44-37(47)20-12-22-40(44)49(28-25-26-30-29-13-5-7-18-35(29)48(3,4)38(30)27-28)39-21-9-15-31-32-16-10-23-41-45(32)46-34(43(31)39)17-11-24-42(46)50-41/h5-27H,1-4H3. The largest absolute Gasteiger partial charge is 0.456 e. The van der Waals surface area contributed by atoms with Gasteiger partial charge in [0.15, 0.2) is 0 Å². The highest BCUT2D eigenvalue weighted by atomic mass is 16.3. The predicted octanol–water partition coefficient (Wildman–Crippen LogP) is 13.4. The normalized spacial score (nSPS) is 15.1. The van der Waals surface area contributed by atoms with E-state index < -0.39 is 0 Å². The number of hydrogen-bond donors (Lipinski definition) is 0. The van der Waals surface area contributed by atoms with E-state index in [1.807, 2.05) is 0 Å².